The molecule has 0 aliphatic heterocycles. The third kappa shape index (κ3) is 4.32. The second-order valence-corrected chi connectivity index (χ2v) is 8.18. The quantitative estimate of drug-likeness (QED) is 0.565. The Labute approximate surface area is 183 Å². The molecule has 0 radical (unpaired) electrons. The Hall–Kier alpha value is -3.19. The maximum Gasteiger partial charge on any atom is 0.256 e. The molecule has 0 atom stereocenters. The molecular formula is C23H21ClFN3O3. The van der Waals surface area contributed by atoms with Gasteiger partial charge < -0.3 is 15.1 Å². The molecule has 0 spiro atoms. The zero-order valence-corrected chi connectivity index (χ0v) is 17.6. The molecule has 2 heterocycles. The highest BCUT2D eigenvalue weighted by atomic mass is 35.5. The summed E-state index contributed by atoms with van der Waals surface area (Å²) in [6.45, 7) is 2.07. The fourth-order valence-electron chi connectivity index (χ4n) is 4.07. The molecule has 1 saturated carbocycles. The van der Waals surface area contributed by atoms with Crippen LogP contribution in [0.1, 0.15) is 44.7 Å². The van der Waals surface area contributed by atoms with Gasteiger partial charge in [-0.1, -0.05) is 30.3 Å². The number of rotatable bonds is 6. The predicted molar refractivity (Wildman–Crippen MR) is 114 cm³/mol. The van der Waals surface area contributed by atoms with Gasteiger partial charge in [0.25, 0.3) is 11.8 Å². The molecule has 1 aliphatic rings. The van der Waals surface area contributed by atoms with Crippen molar-refractivity contribution in [3.05, 3.63) is 88.3 Å². The number of carbonyl (C=O) groups excluding carboxylic acids is 2. The molecular weight excluding hydrogens is 421 g/mol. The second kappa shape index (κ2) is 8.51. The third-order valence-electron chi connectivity index (χ3n) is 5.76. The Bertz CT molecular complexity index is 1110. The summed E-state index contributed by atoms with van der Waals surface area (Å²) in [6, 6.07) is 12.4. The monoisotopic (exact) mass is 441 g/mol. The van der Waals surface area contributed by atoms with Crippen LogP contribution in [-0.2, 0) is 5.41 Å². The van der Waals surface area contributed by atoms with E-state index < -0.39 is 5.95 Å². The lowest BCUT2D eigenvalue weighted by molar-refractivity contribution is 0.0823. The van der Waals surface area contributed by atoms with Gasteiger partial charge in [-0.2, -0.15) is 4.39 Å². The van der Waals surface area contributed by atoms with Crippen LogP contribution in [0.25, 0.3) is 0 Å². The fraction of sp³-hybridized carbons (Fsp3) is 0.261. The van der Waals surface area contributed by atoms with Crippen LogP contribution in [-0.4, -0.2) is 29.4 Å². The maximum absolute atomic E-state index is 13.5. The van der Waals surface area contributed by atoms with Crippen molar-refractivity contribution >= 4 is 23.4 Å². The van der Waals surface area contributed by atoms with Crippen LogP contribution in [0.15, 0.2) is 59.3 Å². The summed E-state index contributed by atoms with van der Waals surface area (Å²) in [4.78, 5) is 28.7. The lowest BCUT2D eigenvalue weighted by Gasteiger charge is -2.48. The van der Waals surface area contributed by atoms with Crippen LogP contribution in [0.5, 0.6) is 0 Å². The first-order valence-corrected chi connectivity index (χ1v) is 10.3. The molecule has 1 aliphatic carbocycles. The number of amides is 2. The zero-order valence-electron chi connectivity index (χ0n) is 16.8. The molecule has 1 aromatic carbocycles. The Morgan fingerprint density at radius 3 is 2.61 bits per heavy atom. The van der Waals surface area contributed by atoms with Crippen LogP contribution < -0.4 is 10.6 Å². The van der Waals surface area contributed by atoms with E-state index in [-0.39, 0.29) is 34.1 Å². The van der Waals surface area contributed by atoms with Gasteiger partial charge in [-0.25, -0.2) is 4.98 Å². The molecule has 0 saturated heterocycles. The van der Waals surface area contributed by atoms with E-state index in [0.717, 1.165) is 11.6 Å². The van der Waals surface area contributed by atoms with Gasteiger partial charge in [-0.3, -0.25) is 9.59 Å². The lowest BCUT2D eigenvalue weighted by atomic mass is 9.61. The maximum atomic E-state index is 13.5. The number of carbonyl (C=O) groups is 2. The van der Waals surface area contributed by atoms with Gasteiger partial charge in [-0.05, 0) is 48.6 Å². The molecule has 3 aromatic rings. The third-order valence-corrected chi connectivity index (χ3v) is 6.05. The number of hydrogen-bond donors (Lipinski definition) is 2. The largest absolute Gasteiger partial charge is 0.452 e. The van der Waals surface area contributed by atoms with E-state index in [9.17, 15) is 14.0 Å². The highest BCUT2D eigenvalue weighted by molar-refractivity contribution is 6.32. The minimum atomic E-state index is -0.696. The van der Waals surface area contributed by atoms with Crippen molar-refractivity contribution < 1.29 is 18.4 Å². The molecule has 0 bridgehead atoms. The molecule has 1 fully saturated rings. The number of aryl methyl sites for hydroxylation is 1. The van der Waals surface area contributed by atoms with Crippen LogP contribution in [0, 0.1) is 12.9 Å². The van der Waals surface area contributed by atoms with E-state index >= 15 is 0 Å². The van der Waals surface area contributed by atoms with Crippen LogP contribution in [0.3, 0.4) is 0 Å². The first-order chi connectivity index (χ1) is 14.9. The van der Waals surface area contributed by atoms with Crippen molar-refractivity contribution in [3.8, 4) is 0 Å². The van der Waals surface area contributed by atoms with E-state index in [1.165, 1.54) is 18.5 Å². The number of furan rings is 1. The Morgan fingerprint density at radius 1 is 1.19 bits per heavy atom. The number of aromatic nitrogens is 1. The molecule has 2 N–H and O–H groups in total. The van der Waals surface area contributed by atoms with Gasteiger partial charge in [0.2, 0.25) is 11.2 Å². The summed E-state index contributed by atoms with van der Waals surface area (Å²) >= 11 is 5.89. The van der Waals surface area contributed by atoms with Gasteiger partial charge >= 0.3 is 0 Å². The molecule has 8 heteroatoms. The molecule has 4 rings (SSSR count). The molecule has 0 unspecified atom stereocenters. The predicted octanol–water partition coefficient (Wildman–Crippen LogP) is 4.04. The Balaban J connectivity index is 1.46. The van der Waals surface area contributed by atoms with E-state index in [1.807, 2.05) is 30.3 Å². The highest BCUT2D eigenvalue weighted by Crippen LogP contribution is 2.43. The number of benzene rings is 1. The van der Waals surface area contributed by atoms with E-state index in [2.05, 4.69) is 15.6 Å². The van der Waals surface area contributed by atoms with Crippen molar-refractivity contribution in [1.82, 2.24) is 15.6 Å². The number of nitrogens with one attached hydrogen (secondary N) is 2. The van der Waals surface area contributed by atoms with Crippen LogP contribution in [0.2, 0.25) is 5.22 Å². The van der Waals surface area contributed by atoms with Gasteiger partial charge in [0.15, 0.2) is 0 Å². The first kappa shape index (κ1) is 21.1. The number of pyridine rings is 1. The molecule has 6 nitrogen and oxygen atoms in total. The average Bonchev–Trinajstić information content (AvgIpc) is 3.17. The average molecular weight is 442 g/mol. The summed E-state index contributed by atoms with van der Waals surface area (Å²) in [6.07, 6.45) is 3.99. The Morgan fingerprint density at radius 2 is 1.94 bits per heavy atom. The Kier molecular flexibility index (Phi) is 5.78. The SMILES string of the molecule is Cc1cnc(F)cc1C(=O)NCC1(c2ccccc2)CC(NC(=O)c2ccoc2Cl)C1. The smallest absolute Gasteiger partial charge is 0.256 e. The molecule has 31 heavy (non-hydrogen) atoms. The number of hydrogen-bond acceptors (Lipinski definition) is 4. The minimum Gasteiger partial charge on any atom is -0.452 e. The van der Waals surface area contributed by atoms with Gasteiger partial charge in [-0.15, -0.1) is 0 Å². The van der Waals surface area contributed by atoms with E-state index in [0.29, 0.717) is 30.5 Å². The van der Waals surface area contributed by atoms with E-state index in [4.69, 9.17) is 16.0 Å². The van der Waals surface area contributed by atoms with Crippen LogP contribution in [0.4, 0.5) is 4.39 Å². The topological polar surface area (TPSA) is 84.2 Å². The lowest BCUT2D eigenvalue weighted by Crippen LogP contribution is -2.57. The summed E-state index contributed by atoms with van der Waals surface area (Å²) < 4.78 is 18.5. The first-order valence-electron chi connectivity index (χ1n) is 9.88. The van der Waals surface area contributed by atoms with Crippen molar-refractivity contribution in [2.75, 3.05) is 6.54 Å². The van der Waals surface area contributed by atoms with Crippen molar-refractivity contribution in [1.29, 1.82) is 0 Å². The fourth-order valence-corrected chi connectivity index (χ4v) is 4.27. The van der Waals surface area contributed by atoms with Gasteiger partial charge in [0, 0.05) is 35.8 Å². The van der Waals surface area contributed by atoms with Crippen LogP contribution >= 0.6 is 11.6 Å². The minimum absolute atomic E-state index is 0.0540. The normalized spacial score (nSPS) is 20.0. The second-order valence-electron chi connectivity index (χ2n) is 7.84. The highest BCUT2D eigenvalue weighted by Gasteiger charge is 2.46. The summed E-state index contributed by atoms with van der Waals surface area (Å²) in [5.74, 6) is -1.35. The summed E-state index contributed by atoms with van der Waals surface area (Å²) in [5, 5.41) is 5.96. The zero-order chi connectivity index (χ0) is 22.0. The van der Waals surface area contributed by atoms with Crippen molar-refractivity contribution in [2.45, 2.75) is 31.2 Å². The molecule has 160 valence electrons. The number of nitrogens with zero attached hydrogens (tertiary/aromatic N) is 1. The number of halogens is 2. The molecule has 2 amide bonds. The standard InChI is InChI=1S/C23H21ClFN3O3/c1-14-12-26-19(25)9-18(14)21(29)27-13-23(15-5-3-2-4-6-15)10-16(11-23)28-22(30)17-7-8-31-20(17)24/h2-9,12,16H,10-11,13H2,1H3,(H,27,29)(H,28,30). The van der Waals surface area contributed by atoms with Gasteiger partial charge in [0.1, 0.15) is 0 Å². The van der Waals surface area contributed by atoms with Crippen molar-refractivity contribution in [3.63, 3.8) is 0 Å². The van der Waals surface area contributed by atoms with Crippen molar-refractivity contribution in [2.24, 2.45) is 0 Å². The summed E-state index contributed by atoms with van der Waals surface area (Å²) in [7, 11) is 0. The molecule has 2 aromatic heterocycles. The van der Waals surface area contributed by atoms with E-state index in [1.54, 1.807) is 6.92 Å². The summed E-state index contributed by atoms with van der Waals surface area (Å²) in [5.41, 5.74) is 1.88. The van der Waals surface area contributed by atoms with Gasteiger partial charge in [0.05, 0.1) is 11.8 Å².